The van der Waals surface area contributed by atoms with Gasteiger partial charge in [-0.1, -0.05) is 12.1 Å². The van der Waals surface area contributed by atoms with E-state index in [1.807, 2.05) is 31.7 Å². The van der Waals surface area contributed by atoms with Crippen LogP contribution < -0.4 is 5.32 Å². The van der Waals surface area contributed by atoms with Crippen molar-refractivity contribution in [2.45, 2.75) is 13.5 Å². The molecule has 0 bridgehead atoms. The summed E-state index contributed by atoms with van der Waals surface area (Å²) in [5.41, 5.74) is 2.99. The second-order valence-corrected chi connectivity index (χ2v) is 3.79. The minimum Gasteiger partial charge on any atom is -0.345 e. The molecule has 2 aromatic rings. The lowest BCUT2D eigenvalue weighted by molar-refractivity contribution is 0.631. The summed E-state index contributed by atoms with van der Waals surface area (Å²) in [5.74, 6) is -0.152. The number of aromatic nitrogens is 1. The number of benzene rings is 1. The highest BCUT2D eigenvalue weighted by atomic mass is 19.1. The molecule has 0 spiro atoms. The van der Waals surface area contributed by atoms with Gasteiger partial charge in [0.15, 0.2) is 0 Å². The van der Waals surface area contributed by atoms with Crippen molar-refractivity contribution in [1.29, 1.82) is 0 Å². The summed E-state index contributed by atoms with van der Waals surface area (Å²) in [7, 11) is 3.80. The molecule has 0 aliphatic heterocycles. The van der Waals surface area contributed by atoms with Gasteiger partial charge in [-0.2, -0.15) is 0 Å². The molecule has 15 heavy (non-hydrogen) atoms. The predicted octanol–water partition coefficient (Wildman–Crippen LogP) is 2.35. The van der Waals surface area contributed by atoms with Crippen LogP contribution in [0, 0.1) is 12.7 Å². The van der Waals surface area contributed by atoms with Crippen molar-refractivity contribution < 1.29 is 4.39 Å². The Labute approximate surface area is 88.7 Å². The van der Waals surface area contributed by atoms with E-state index >= 15 is 0 Å². The van der Waals surface area contributed by atoms with Crippen molar-refractivity contribution in [2.24, 2.45) is 7.05 Å². The third-order valence-corrected chi connectivity index (χ3v) is 2.94. The fourth-order valence-corrected chi connectivity index (χ4v) is 2.06. The summed E-state index contributed by atoms with van der Waals surface area (Å²) in [6, 6.07) is 5.24. The number of para-hydroxylation sites is 1. The molecule has 1 aromatic carbocycles. The molecule has 0 aliphatic rings. The lowest BCUT2D eigenvalue weighted by atomic mass is 10.1. The maximum absolute atomic E-state index is 13.6. The van der Waals surface area contributed by atoms with E-state index in [0.29, 0.717) is 5.52 Å². The summed E-state index contributed by atoms with van der Waals surface area (Å²) in [6.07, 6.45) is 0. The first-order valence-electron chi connectivity index (χ1n) is 5.03. The second kappa shape index (κ2) is 3.66. The lowest BCUT2D eigenvalue weighted by Crippen LogP contribution is -2.06. The maximum Gasteiger partial charge on any atom is 0.147 e. The predicted molar refractivity (Wildman–Crippen MR) is 60.4 cm³/mol. The molecular weight excluding hydrogens is 191 g/mol. The van der Waals surface area contributed by atoms with E-state index in [9.17, 15) is 4.39 Å². The van der Waals surface area contributed by atoms with Gasteiger partial charge in [0.05, 0.1) is 5.52 Å². The standard InChI is InChI=1S/C12H15FN2/c1-8-10(7-14-2)9-5-4-6-11(13)12(9)15(8)3/h4-6,14H,7H2,1-3H3. The molecule has 0 saturated heterocycles. The van der Waals surface area contributed by atoms with Gasteiger partial charge in [-0.05, 0) is 25.6 Å². The molecular formula is C12H15FN2. The zero-order valence-electron chi connectivity index (χ0n) is 9.26. The molecule has 1 N–H and O–H groups in total. The van der Waals surface area contributed by atoms with Gasteiger partial charge in [0.1, 0.15) is 5.82 Å². The summed E-state index contributed by atoms with van der Waals surface area (Å²) in [4.78, 5) is 0. The Balaban J connectivity index is 2.81. The van der Waals surface area contributed by atoms with Gasteiger partial charge in [-0.25, -0.2) is 4.39 Å². The number of rotatable bonds is 2. The van der Waals surface area contributed by atoms with Crippen molar-refractivity contribution >= 4 is 10.9 Å². The number of hydrogen-bond acceptors (Lipinski definition) is 1. The second-order valence-electron chi connectivity index (χ2n) is 3.79. The highest BCUT2D eigenvalue weighted by Crippen LogP contribution is 2.26. The Morgan fingerprint density at radius 3 is 2.80 bits per heavy atom. The van der Waals surface area contributed by atoms with Crippen LogP contribution in [-0.4, -0.2) is 11.6 Å². The molecule has 0 amide bonds. The Hall–Kier alpha value is -1.35. The van der Waals surface area contributed by atoms with Crippen LogP contribution in [0.2, 0.25) is 0 Å². The minimum absolute atomic E-state index is 0.152. The first-order chi connectivity index (χ1) is 7.16. The summed E-state index contributed by atoms with van der Waals surface area (Å²) < 4.78 is 15.6. The van der Waals surface area contributed by atoms with Gasteiger partial charge in [-0.3, -0.25) is 0 Å². The zero-order valence-corrected chi connectivity index (χ0v) is 9.26. The third kappa shape index (κ3) is 1.43. The summed E-state index contributed by atoms with van der Waals surface area (Å²) in [5, 5.41) is 4.12. The monoisotopic (exact) mass is 206 g/mol. The molecule has 3 heteroatoms. The van der Waals surface area contributed by atoms with E-state index in [-0.39, 0.29) is 5.82 Å². The number of nitrogens with one attached hydrogen (secondary N) is 1. The van der Waals surface area contributed by atoms with Gasteiger partial charge in [0.25, 0.3) is 0 Å². The molecule has 0 radical (unpaired) electrons. The van der Waals surface area contributed by atoms with Gasteiger partial charge < -0.3 is 9.88 Å². The Morgan fingerprint density at radius 2 is 2.13 bits per heavy atom. The topological polar surface area (TPSA) is 17.0 Å². The molecule has 1 aromatic heterocycles. The van der Waals surface area contributed by atoms with Gasteiger partial charge in [0, 0.05) is 24.7 Å². The van der Waals surface area contributed by atoms with Crippen molar-refractivity contribution in [3.8, 4) is 0 Å². The summed E-state index contributed by atoms with van der Waals surface area (Å²) >= 11 is 0. The largest absolute Gasteiger partial charge is 0.345 e. The smallest absolute Gasteiger partial charge is 0.147 e. The van der Waals surface area contributed by atoms with E-state index < -0.39 is 0 Å². The van der Waals surface area contributed by atoms with Crippen LogP contribution in [-0.2, 0) is 13.6 Å². The Kier molecular flexibility index (Phi) is 2.49. The number of aryl methyl sites for hydroxylation is 1. The fraction of sp³-hybridized carbons (Fsp3) is 0.333. The molecule has 0 unspecified atom stereocenters. The van der Waals surface area contributed by atoms with E-state index in [0.717, 1.165) is 17.6 Å². The molecule has 0 fully saturated rings. The number of fused-ring (bicyclic) bond motifs is 1. The number of hydrogen-bond donors (Lipinski definition) is 1. The van der Waals surface area contributed by atoms with Crippen LogP contribution in [0.25, 0.3) is 10.9 Å². The van der Waals surface area contributed by atoms with Gasteiger partial charge >= 0.3 is 0 Å². The van der Waals surface area contributed by atoms with Crippen molar-refractivity contribution in [3.05, 3.63) is 35.3 Å². The van der Waals surface area contributed by atoms with Crippen LogP contribution in [0.15, 0.2) is 18.2 Å². The SMILES string of the molecule is CNCc1c(C)n(C)c2c(F)cccc12. The van der Waals surface area contributed by atoms with Gasteiger partial charge in [0.2, 0.25) is 0 Å². The molecule has 2 nitrogen and oxygen atoms in total. The molecule has 1 heterocycles. The molecule has 0 aliphatic carbocycles. The van der Waals surface area contributed by atoms with Crippen LogP contribution in [0.1, 0.15) is 11.3 Å². The normalized spacial score (nSPS) is 11.2. The third-order valence-electron chi connectivity index (χ3n) is 2.94. The highest BCUT2D eigenvalue weighted by Gasteiger charge is 2.13. The molecule has 0 atom stereocenters. The average Bonchev–Trinajstić information content (AvgIpc) is 2.45. The first-order valence-corrected chi connectivity index (χ1v) is 5.03. The fourth-order valence-electron chi connectivity index (χ4n) is 2.06. The van der Waals surface area contributed by atoms with Crippen molar-refractivity contribution in [2.75, 3.05) is 7.05 Å². The summed E-state index contributed by atoms with van der Waals surface area (Å²) in [6.45, 7) is 2.79. The zero-order chi connectivity index (χ0) is 11.0. The van der Waals surface area contributed by atoms with Crippen LogP contribution in [0.5, 0.6) is 0 Å². The number of nitrogens with zero attached hydrogens (tertiary/aromatic N) is 1. The molecule has 0 saturated carbocycles. The van der Waals surface area contributed by atoms with E-state index in [4.69, 9.17) is 0 Å². The van der Waals surface area contributed by atoms with Crippen LogP contribution >= 0.6 is 0 Å². The van der Waals surface area contributed by atoms with E-state index in [1.165, 1.54) is 11.6 Å². The maximum atomic E-state index is 13.6. The van der Waals surface area contributed by atoms with Crippen LogP contribution in [0.4, 0.5) is 4.39 Å². The first kappa shape index (κ1) is 10.2. The van der Waals surface area contributed by atoms with Crippen molar-refractivity contribution in [3.63, 3.8) is 0 Å². The average molecular weight is 206 g/mol. The lowest BCUT2D eigenvalue weighted by Gasteiger charge is -2.00. The minimum atomic E-state index is -0.152. The quantitative estimate of drug-likeness (QED) is 0.798. The van der Waals surface area contributed by atoms with Crippen LogP contribution in [0.3, 0.4) is 0 Å². The Morgan fingerprint density at radius 1 is 1.40 bits per heavy atom. The van der Waals surface area contributed by atoms with E-state index in [2.05, 4.69) is 5.32 Å². The Bertz CT molecular complexity index is 500. The van der Waals surface area contributed by atoms with E-state index in [1.54, 1.807) is 6.07 Å². The van der Waals surface area contributed by atoms with Gasteiger partial charge in [-0.15, -0.1) is 0 Å². The molecule has 2 rings (SSSR count). The highest BCUT2D eigenvalue weighted by molar-refractivity contribution is 5.85. The molecule has 80 valence electrons. The number of halogens is 1. The van der Waals surface area contributed by atoms with Crippen molar-refractivity contribution in [1.82, 2.24) is 9.88 Å².